The predicted octanol–water partition coefficient (Wildman–Crippen LogP) is 6.25. The SMILES string of the molecule is CS(=O)(=O)c1ccccc1-c1sc(COc2cccc(Cl)c2)nc1-c1ccccc1F. The minimum Gasteiger partial charge on any atom is -0.486 e. The maximum Gasteiger partial charge on any atom is 0.176 e. The highest BCUT2D eigenvalue weighted by atomic mass is 35.5. The van der Waals surface area contributed by atoms with Gasteiger partial charge in [-0.15, -0.1) is 11.3 Å². The van der Waals surface area contributed by atoms with Gasteiger partial charge in [-0.25, -0.2) is 17.8 Å². The third kappa shape index (κ3) is 4.79. The molecule has 0 fully saturated rings. The summed E-state index contributed by atoms with van der Waals surface area (Å²) in [6.07, 6.45) is 1.15. The summed E-state index contributed by atoms with van der Waals surface area (Å²) in [5.41, 5.74) is 1.16. The second-order valence-corrected chi connectivity index (χ2v) is 10.3. The van der Waals surface area contributed by atoms with Crippen molar-refractivity contribution in [1.82, 2.24) is 4.98 Å². The summed E-state index contributed by atoms with van der Waals surface area (Å²) >= 11 is 7.27. The first-order chi connectivity index (χ1) is 14.8. The maximum absolute atomic E-state index is 14.6. The monoisotopic (exact) mass is 473 g/mol. The van der Waals surface area contributed by atoms with Crippen LogP contribution in [0.1, 0.15) is 5.01 Å². The number of halogens is 2. The highest BCUT2D eigenvalue weighted by Crippen LogP contribution is 2.40. The molecule has 1 aromatic heterocycles. The first-order valence-corrected chi connectivity index (χ1v) is 12.3. The van der Waals surface area contributed by atoms with Crippen LogP contribution in [0.25, 0.3) is 21.7 Å². The van der Waals surface area contributed by atoms with E-state index in [9.17, 15) is 12.8 Å². The third-order valence-corrected chi connectivity index (χ3v) is 6.94. The summed E-state index contributed by atoms with van der Waals surface area (Å²) in [6.45, 7) is 0.132. The van der Waals surface area contributed by atoms with Crippen LogP contribution in [0.15, 0.2) is 77.7 Å². The zero-order chi connectivity index (χ0) is 22.0. The van der Waals surface area contributed by atoms with Crippen molar-refractivity contribution in [3.63, 3.8) is 0 Å². The number of hydrogen-bond donors (Lipinski definition) is 0. The van der Waals surface area contributed by atoms with E-state index in [4.69, 9.17) is 16.3 Å². The second-order valence-electron chi connectivity index (χ2n) is 6.78. The summed E-state index contributed by atoms with van der Waals surface area (Å²) in [5, 5.41) is 1.13. The summed E-state index contributed by atoms with van der Waals surface area (Å²) in [4.78, 5) is 5.33. The third-order valence-electron chi connectivity index (χ3n) is 4.49. The number of thiazole rings is 1. The molecule has 0 aliphatic heterocycles. The molecule has 0 aliphatic carbocycles. The van der Waals surface area contributed by atoms with E-state index in [1.165, 1.54) is 23.5 Å². The van der Waals surface area contributed by atoms with Gasteiger partial charge in [0, 0.05) is 22.4 Å². The zero-order valence-corrected chi connectivity index (χ0v) is 18.8. The van der Waals surface area contributed by atoms with Crippen LogP contribution in [0.4, 0.5) is 4.39 Å². The van der Waals surface area contributed by atoms with Gasteiger partial charge in [0.25, 0.3) is 0 Å². The molecule has 0 spiro atoms. The average molecular weight is 474 g/mol. The molecule has 8 heteroatoms. The first-order valence-electron chi connectivity index (χ1n) is 9.25. The van der Waals surface area contributed by atoms with Crippen molar-refractivity contribution in [2.45, 2.75) is 11.5 Å². The quantitative estimate of drug-likeness (QED) is 0.332. The van der Waals surface area contributed by atoms with Gasteiger partial charge in [0.05, 0.1) is 15.5 Å². The molecule has 158 valence electrons. The van der Waals surface area contributed by atoms with E-state index in [2.05, 4.69) is 4.98 Å². The van der Waals surface area contributed by atoms with E-state index in [1.54, 1.807) is 60.7 Å². The van der Waals surface area contributed by atoms with E-state index in [1.807, 2.05) is 0 Å². The lowest BCUT2D eigenvalue weighted by atomic mass is 10.1. The molecule has 0 amide bonds. The van der Waals surface area contributed by atoms with Crippen LogP contribution in [-0.4, -0.2) is 19.7 Å². The number of benzene rings is 3. The zero-order valence-electron chi connectivity index (χ0n) is 16.4. The maximum atomic E-state index is 14.6. The molecule has 31 heavy (non-hydrogen) atoms. The van der Waals surface area contributed by atoms with E-state index in [0.29, 0.717) is 37.5 Å². The Kier molecular flexibility index (Phi) is 6.09. The van der Waals surface area contributed by atoms with Crippen molar-refractivity contribution < 1.29 is 17.5 Å². The molecular formula is C23H17ClFNO3S2. The van der Waals surface area contributed by atoms with Crippen LogP contribution in [0.5, 0.6) is 5.75 Å². The Morgan fingerprint density at radius 3 is 2.42 bits per heavy atom. The first kappa shape index (κ1) is 21.5. The number of ether oxygens (including phenoxy) is 1. The highest BCUT2D eigenvalue weighted by molar-refractivity contribution is 7.90. The van der Waals surface area contributed by atoms with Gasteiger partial charge in [-0.05, 0) is 36.4 Å². The normalized spacial score (nSPS) is 11.5. The van der Waals surface area contributed by atoms with Gasteiger partial charge in [-0.1, -0.05) is 48.0 Å². The second kappa shape index (κ2) is 8.78. The minimum atomic E-state index is -3.50. The molecule has 0 saturated heterocycles. The summed E-state index contributed by atoms with van der Waals surface area (Å²) in [7, 11) is -3.50. The Balaban J connectivity index is 1.82. The van der Waals surface area contributed by atoms with E-state index < -0.39 is 15.7 Å². The molecule has 0 aliphatic rings. The lowest BCUT2D eigenvalue weighted by Gasteiger charge is -2.08. The number of sulfone groups is 1. The topological polar surface area (TPSA) is 56.3 Å². The van der Waals surface area contributed by atoms with E-state index >= 15 is 0 Å². The van der Waals surface area contributed by atoms with Gasteiger partial charge in [0.1, 0.15) is 23.2 Å². The molecular weight excluding hydrogens is 457 g/mol. The molecule has 3 aromatic carbocycles. The van der Waals surface area contributed by atoms with Gasteiger partial charge < -0.3 is 4.74 Å². The van der Waals surface area contributed by atoms with Gasteiger partial charge in [0.15, 0.2) is 9.84 Å². The van der Waals surface area contributed by atoms with Gasteiger partial charge >= 0.3 is 0 Å². The summed E-state index contributed by atoms with van der Waals surface area (Å²) in [5.74, 6) is 0.140. The number of rotatable bonds is 6. The Bertz CT molecular complexity index is 1350. The van der Waals surface area contributed by atoms with Crippen LogP contribution in [0, 0.1) is 5.82 Å². The molecule has 0 bridgehead atoms. The van der Waals surface area contributed by atoms with Crippen molar-refractivity contribution >= 4 is 32.8 Å². The summed E-state index contributed by atoms with van der Waals surface area (Å²) < 4.78 is 45.1. The number of hydrogen-bond acceptors (Lipinski definition) is 5. The molecule has 4 rings (SSSR count). The molecule has 0 saturated carbocycles. The predicted molar refractivity (Wildman–Crippen MR) is 122 cm³/mol. The molecule has 4 nitrogen and oxygen atoms in total. The largest absolute Gasteiger partial charge is 0.486 e. The van der Waals surface area contributed by atoms with E-state index in [-0.39, 0.29) is 11.5 Å². The highest BCUT2D eigenvalue weighted by Gasteiger charge is 2.22. The van der Waals surface area contributed by atoms with Gasteiger partial charge in [0.2, 0.25) is 0 Å². The Labute approximate surface area is 188 Å². The van der Waals surface area contributed by atoms with Gasteiger partial charge in [-0.2, -0.15) is 0 Å². The lowest BCUT2D eigenvalue weighted by molar-refractivity contribution is 0.305. The smallest absolute Gasteiger partial charge is 0.176 e. The molecule has 0 N–H and O–H groups in total. The Morgan fingerprint density at radius 1 is 1.00 bits per heavy atom. The fourth-order valence-electron chi connectivity index (χ4n) is 3.12. The standard InChI is InChI=1S/C23H17ClFNO3S2/c1-31(27,28)20-12-5-3-10-18(20)23-22(17-9-2-4-11-19(17)25)26-21(30-23)14-29-16-8-6-7-15(24)13-16/h2-13H,14H2,1H3. The fourth-order valence-corrected chi connectivity index (χ4v) is 5.29. The molecule has 0 radical (unpaired) electrons. The van der Waals surface area contributed by atoms with Crippen LogP contribution in [0.2, 0.25) is 5.02 Å². The van der Waals surface area contributed by atoms with Crippen LogP contribution >= 0.6 is 22.9 Å². The molecule has 0 atom stereocenters. The molecule has 0 unspecified atom stereocenters. The Morgan fingerprint density at radius 2 is 1.71 bits per heavy atom. The average Bonchev–Trinajstić information content (AvgIpc) is 3.16. The van der Waals surface area contributed by atoms with Crippen LogP contribution in [-0.2, 0) is 16.4 Å². The minimum absolute atomic E-state index is 0.132. The van der Waals surface area contributed by atoms with Gasteiger partial charge in [-0.3, -0.25) is 0 Å². The van der Waals surface area contributed by atoms with Crippen LogP contribution in [0.3, 0.4) is 0 Å². The van der Waals surface area contributed by atoms with Crippen molar-refractivity contribution in [3.05, 3.63) is 88.6 Å². The fraction of sp³-hybridized carbons (Fsp3) is 0.0870. The van der Waals surface area contributed by atoms with E-state index in [0.717, 1.165) is 6.26 Å². The van der Waals surface area contributed by atoms with Crippen molar-refractivity contribution in [2.24, 2.45) is 0 Å². The summed E-state index contributed by atoms with van der Waals surface area (Å²) in [6, 6.07) is 19.9. The number of aromatic nitrogens is 1. The molecule has 1 heterocycles. The number of nitrogens with zero attached hydrogens (tertiary/aromatic N) is 1. The molecule has 4 aromatic rings. The van der Waals surface area contributed by atoms with Crippen molar-refractivity contribution in [1.29, 1.82) is 0 Å². The Hall–Kier alpha value is -2.74. The van der Waals surface area contributed by atoms with Crippen molar-refractivity contribution in [2.75, 3.05) is 6.26 Å². The van der Waals surface area contributed by atoms with Crippen LogP contribution < -0.4 is 4.74 Å². The lowest BCUT2D eigenvalue weighted by Crippen LogP contribution is -1.99. The van der Waals surface area contributed by atoms with Crippen molar-refractivity contribution in [3.8, 4) is 27.4 Å².